The number of hydrogen-bond donors (Lipinski definition) is 1. The largest absolute Gasteiger partial charge is 0.355 e. The van der Waals surface area contributed by atoms with Crippen LogP contribution in [0.15, 0.2) is 48.5 Å². The highest BCUT2D eigenvalue weighted by molar-refractivity contribution is 5.81. The molecule has 3 nitrogen and oxygen atoms in total. The van der Waals surface area contributed by atoms with Gasteiger partial charge in [0, 0.05) is 12.5 Å². The standard InChI is InChI=1S/C27H36F2N2O/c1-20(2)19-26(31-17-4-3-5-18-31)27(32)30-16-6-7-25(21-8-12-23(28)13-9-21)22-10-14-24(29)15-11-22/h8-15,20,25-26H,3-7,16-19H2,1-2H3,(H,30,32)/t26-/m0/s1. The van der Waals surface area contributed by atoms with E-state index in [0.717, 1.165) is 43.5 Å². The van der Waals surface area contributed by atoms with Crippen molar-refractivity contribution in [3.8, 4) is 0 Å². The van der Waals surface area contributed by atoms with E-state index in [1.807, 2.05) is 0 Å². The maximum atomic E-state index is 13.4. The first-order valence-electron chi connectivity index (χ1n) is 12.0. The molecule has 32 heavy (non-hydrogen) atoms. The Kier molecular flexibility index (Phi) is 9.22. The zero-order valence-corrected chi connectivity index (χ0v) is 19.3. The van der Waals surface area contributed by atoms with Gasteiger partial charge in [0.1, 0.15) is 11.6 Å². The molecule has 0 spiro atoms. The van der Waals surface area contributed by atoms with Crippen LogP contribution in [0.25, 0.3) is 0 Å². The molecule has 0 unspecified atom stereocenters. The number of nitrogens with zero attached hydrogens (tertiary/aromatic N) is 1. The quantitative estimate of drug-likeness (QED) is 0.465. The summed E-state index contributed by atoms with van der Waals surface area (Å²) in [5, 5.41) is 3.16. The third-order valence-electron chi connectivity index (χ3n) is 6.34. The third-order valence-corrected chi connectivity index (χ3v) is 6.34. The Hall–Kier alpha value is -2.27. The third kappa shape index (κ3) is 7.13. The molecule has 1 saturated heterocycles. The summed E-state index contributed by atoms with van der Waals surface area (Å²) in [6, 6.07) is 12.9. The van der Waals surface area contributed by atoms with E-state index in [9.17, 15) is 13.6 Å². The number of carbonyl (C=O) groups is 1. The van der Waals surface area contributed by atoms with Crippen molar-refractivity contribution >= 4 is 5.91 Å². The Bertz CT molecular complexity index is 784. The lowest BCUT2D eigenvalue weighted by atomic mass is 9.87. The highest BCUT2D eigenvalue weighted by atomic mass is 19.1. The van der Waals surface area contributed by atoms with Crippen molar-refractivity contribution in [2.45, 2.75) is 64.3 Å². The van der Waals surface area contributed by atoms with E-state index in [1.165, 1.54) is 43.5 Å². The smallest absolute Gasteiger partial charge is 0.237 e. The minimum Gasteiger partial charge on any atom is -0.355 e. The van der Waals surface area contributed by atoms with E-state index in [0.29, 0.717) is 12.5 Å². The van der Waals surface area contributed by atoms with Crippen molar-refractivity contribution in [2.24, 2.45) is 5.92 Å². The molecule has 1 N–H and O–H groups in total. The second-order valence-electron chi connectivity index (χ2n) is 9.33. The molecule has 0 aliphatic carbocycles. The lowest BCUT2D eigenvalue weighted by Gasteiger charge is -2.34. The van der Waals surface area contributed by atoms with E-state index < -0.39 is 0 Å². The molecule has 2 aromatic rings. The van der Waals surface area contributed by atoms with Crippen molar-refractivity contribution in [2.75, 3.05) is 19.6 Å². The normalized spacial score (nSPS) is 15.8. The predicted octanol–water partition coefficient (Wildman–Crippen LogP) is 5.89. The first-order valence-corrected chi connectivity index (χ1v) is 12.0. The van der Waals surface area contributed by atoms with Gasteiger partial charge in [-0.05, 0) is 86.5 Å². The summed E-state index contributed by atoms with van der Waals surface area (Å²) >= 11 is 0. The van der Waals surface area contributed by atoms with Crippen LogP contribution < -0.4 is 5.32 Å². The number of benzene rings is 2. The summed E-state index contributed by atoms with van der Waals surface area (Å²) in [6.45, 7) is 6.94. The number of piperidine rings is 1. The maximum absolute atomic E-state index is 13.4. The summed E-state index contributed by atoms with van der Waals surface area (Å²) in [7, 11) is 0. The molecule has 0 radical (unpaired) electrons. The van der Waals surface area contributed by atoms with Gasteiger partial charge >= 0.3 is 0 Å². The van der Waals surface area contributed by atoms with E-state index in [4.69, 9.17) is 0 Å². The molecular formula is C27H36F2N2O. The number of likely N-dealkylation sites (tertiary alicyclic amines) is 1. The van der Waals surface area contributed by atoms with Gasteiger partial charge in [0.25, 0.3) is 0 Å². The van der Waals surface area contributed by atoms with Crippen molar-refractivity contribution in [1.29, 1.82) is 0 Å². The zero-order valence-electron chi connectivity index (χ0n) is 19.3. The number of nitrogens with one attached hydrogen (secondary N) is 1. The van der Waals surface area contributed by atoms with Gasteiger partial charge in [0.2, 0.25) is 5.91 Å². The van der Waals surface area contributed by atoms with Crippen molar-refractivity contribution < 1.29 is 13.6 Å². The zero-order chi connectivity index (χ0) is 22.9. The molecule has 5 heteroatoms. The minimum atomic E-state index is -0.271. The highest BCUT2D eigenvalue weighted by Gasteiger charge is 2.27. The fraction of sp³-hybridized carbons (Fsp3) is 0.519. The van der Waals surface area contributed by atoms with Gasteiger partial charge in [0.15, 0.2) is 0 Å². The molecule has 0 saturated carbocycles. The number of amides is 1. The molecule has 174 valence electrons. The van der Waals surface area contributed by atoms with Crippen LogP contribution in [0.3, 0.4) is 0 Å². The fourth-order valence-electron chi connectivity index (χ4n) is 4.65. The molecule has 1 atom stereocenters. The van der Waals surface area contributed by atoms with E-state index >= 15 is 0 Å². The van der Waals surface area contributed by atoms with Gasteiger partial charge in [0.05, 0.1) is 6.04 Å². The molecule has 1 aliphatic rings. The van der Waals surface area contributed by atoms with E-state index in [2.05, 4.69) is 24.1 Å². The second-order valence-corrected chi connectivity index (χ2v) is 9.33. The average molecular weight is 443 g/mol. The van der Waals surface area contributed by atoms with Gasteiger partial charge < -0.3 is 5.32 Å². The number of halogens is 2. The van der Waals surface area contributed by atoms with Gasteiger partial charge in [-0.3, -0.25) is 9.69 Å². The van der Waals surface area contributed by atoms with E-state index in [1.54, 1.807) is 24.3 Å². The average Bonchev–Trinajstić information content (AvgIpc) is 2.79. The first kappa shape index (κ1) is 24.4. The molecule has 1 amide bonds. The van der Waals surface area contributed by atoms with E-state index in [-0.39, 0.29) is 29.5 Å². The van der Waals surface area contributed by atoms with Crippen LogP contribution >= 0.6 is 0 Å². The Morgan fingerprint density at radius 2 is 1.44 bits per heavy atom. The summed E-state index contributed by atoms with van der Waals surface area (Å²) in [5.41, 5.74) is 1.99. The maximum Gasteiger partial charge on any atom is 0.237 e. The lowest BCUT2D eigenvalue weighted by molar-refractivity contribution is -0.127. The number of hydrogen-bond acceptors (Lipinski definition) is 2. The Labute approximate surface area is 191 Å². The molecular weight excluding hydrogens is 406 g/mol. The topological polar surface area (TPSA) is 32.3 Å². The first-order chi connectivity index (χ1) is 15.4. The van der Waals surface area contributed by atoms with Crippen molar-refractivity contribution in [1.82, 2.24) is 10.2 Å². The lowest BCUT2D eigenvalue weighted by Crippen LogP contribution is -2.49. The summed E-state index contributed by atoms with van der Waals surface area (Å²) in [6.07, 6.45) is 6.04. The molecule has 1 heterocycles. The molecule has 0 aromatic heterocycles. The molecule has 1 fully saturated rings. The molecule has 0 bridgehead atoms. The molecule has 1 aliphatic heterocycles. The van der Waals surface area contributed by atoms with Gasteiger partial charge in [-0.2, -0.15) is 0 Å². The molecule has 2 aromatic carbocycles. The fourth-order valence-corrected chi connectivity index (χ4v) is 4.65. The van der Waals surface area contributed by atoms with Crippen molar-refractivity contribution in [3.05, 3.63) is 71.3 Å². The van der Waals surface area contributed by atoms with Crippen LogP contribution in [-0.2, 0) is 4.79 Å². The monoisotopic (exact) mass is 442 g/mol. The van der Waals surface area contributed by atoms with Gasteiger partial charge in [-0.15, -0.1) is 0 Å². The Balaban J connectivity index is 1.60. The van der Waals surface area contributed by atoms with Crippen LogP contribution in [0.5, 0.6) is 0 Å². The Morgan fingerprint density at radius 3 is 1.94 bits per heavy atom. The summed E-state index contributed by atoms with van der Waals surface area (Å²) < 4.78 is 26.8. The second kappa shape index (κ2) is 12.1. The predicted molar refractivity (Wildman–Crippen MR) is 126 cm³/mol. The number of carbonyl (C=O) groups excluding carboxylic acids is 1. The summed E-state index contributed by atoms with van der Waals surface area (Å²) in [4.78, 5) is 15.3. The van der Waals surface area contributed by atoms with Gasteiger partial charge in [-0.1, -0.05) is 44.5 Å². The van der Waals surface area contributed by atoms with Crippen LogP contribution in [-0.4, -0.2) is 36.5 Å². The Morgan fingerprint density at radius 1 is 0.906 bits per heavy atom. The van der Waals surface area contributed by atoms with Crippen LogP contribution in [0, 0.1) is 17.6 Å². The summed E-state index contributed by atoms with van der Waals surface area (Å²) in [5.74, 6) is 0.0805. The van der Waals surface area contributed by atoms with Crippen LogP contribution in [0.1, 0.15) is 69.4 Å². The van der Waals surface area contributed by atoms with Crippen LogP contribution in [0.4, 0.5) is 8.78 Å². The number of rotatable bonds is 10. The van der Waals surface area contributed by atoms with Gasteiger partial charge in [-0.25, -0.2) is 8.78 Å². The SMILES string of the molecule is CC(C)C[C@@H](C(=O)NCCCC(c1ccc(F)cc1)c1ccc(F)cc1)N1CCCCC1. The molecule has 3 rings (SSSR count). The van der Waals surface area contributed by atoms with Crippen molar-refractivity contribution in [3.63, 3.8) is 0 Å². The highest BCUT2D eigenvalue weighted by Crippen LogP contribution is 2.29. The van der Waals surface area contributed by atoms with Crippen LogP contribution in [0.2, 0.25) is 0 Å². The minimum absolute atomic E-state index is 0.0293.